The fourth-order valence-electron chi connectivity index (χ4n) is 2.00. The molecule has 1 unspecified atom stereocenters. The molecule has 0 aromatic heterocycles. The van der Waals surface area contributed by atoms with Crippen molar-refractivity contribution in [3.8, 4) is 0 Å². The van der Waals surface area contributed by atoms with E-state index in [2.05, 4.69) is 4.72 Å². The number of nitrogens with one attached hydrogen (secondary N) is 1. The second-order valence-corrected chi connectivity index (χ2v) is 8.64. The smallest absolute Gasteiger partial charge is 0.384 e. The zero-order valence-electron chi connectivity index (χ0n) is 13.7. The summed E-state index contributed by atoms with van der Waals surface area (Å²) in [6.07, 6.45) is -8.77. The molecule has 1 aromatic rings. The summed E-state index contributed by atoms with van der Waals surface area (Å²) < 4.78 is 79.6. The van der Waals surface area contributed by atoms with Crippen LogP contribution in [-0.2, 0) is 16.5 Å². The summed E-state index contributed by atoms with van der Waals surface area (Å²) in [5.74, 6) is -2.60. The minimum absolute atomic E-state index is 0.441. The second kappa shape index (κ2) is 7.05. The van der Waals surface area contributed by atoms with E-state index in [0.29, 0.717) is 0 Å². The van der Waals surface area contributed by atoms with Crippen molar-refractivity contribution >= 4 is 11.0 Å². The number of hydrogen-bond donors (Lipinski definition) is 2. The topological polar surface area (TPSA) is 49.3 Å². The summed E-state index contributed by atoms with van der Waals surface area (Å²) in [5, 5.41) is 9.38. The number of aliphatic hydroxyl groups is 1. The number of hydrogen-bond acceptors (Lipinski definition) is 2. The highest BCUT2D eigenvalue weighted by Crippen LogP contribution is 2.35. The van der Waals surface area contributed by atoms with Crippen LogP contribution in [0.5, 0.6) is 0 Å². The molecule has 0 aliphatic carbocycles. The Morgan fingerprint density at radius 3 is 2.17 bits per heavy atom. The Morgan fingerprint density at radius 2 is 1.71 bits per heavy atom. The molecule has 2 N–H and O–H groups in total. The fourth-order valence-corrected chi connectivity index (χ4v) is 2.91. The lowest BCUT2D eigenvalue weighted by molar-refractivity contribution is -0.209. The van der Waals surface area contributed by atoms with Gasteiger partial charge in [0.25, 0.3) is 0 Å². The quantitative estimate of drug-likeness (QED) is 0.776. The number of benzene rings is 1. The van der Waals surface area contributed by atoms with Gasteiger partial charge in [0.2, 0.25) is 0 Å². The summed E-state index contributed by atoms with van der Waals surface area (Å²) in [4.78, 5) is 0. The minimum atomic E-state index is -4.95. The molecule has 0 aliphatic rings. The van der Waals surface area contributed by atoms with Crippen LogP contribution in [0.15, 0.2) is 18.2 Å². The molecule has 3 atom stereocenters. The average molecular weight is 373 g/mol. The number of aliphatic hydroxyl groups excluding tert-OH is 1. The molecule has 0 heterocycles. The third-order valence-electron chi connectivity index (χ3n) is 3.40. The third kappa shape index (κ3) is 4.97. The number of rotatable bonds is 5. The Bertz CT molecular complexity index is 615. The van der Waals surface area contributed by atoms with Crippen LogP contribution in [0.2, 0.25) is 0 Å². The first kappa shape index (κ1) is 21.0. The van der Waals surface area contributed by atoms with Crippen LogP contribution in [0.25, 0.3) is 0 Å². The van der Waals surface area contributed by atoms with Gasteiger partial charge in [0.05, 0.1) is 21.3 Å². The maximum Gasteiger partial charge on any atom is 0.414 e. The van der Waals surface area contributed by atoms with Crippen LogP contribution in [0, 0.1) is 11.6 Å². The molecule has 1 rings (SSSR count). The Balaban J connectivity index is 3.35. The van der Waals surface area contributed by atoms with Crippen molar-refractivity contribution in [2.24, 2.45) is 0 Å². The zero-order valence-corrected chi connectivity index (χ0v) is 14.5. The Kier molecular flexibility index (Phi) is 6.16. The van der Waals surface area contributed by atoms with Crippen molar-refractivity contribution in [3.05, 3.63) is 35.4 Å². The summed E-state index contributed by atoms with van der Waals surface area (Å²) >= 11 is 0. The van der Waals surface area contributed by atoms with Crippen molar-refractivity contribution < 1.29 is 31.3 Å². The van der Waals surface area contributed by atoms with E-state index in [1.807, 2.05) is 0 Å². The highest BCUT2D eigenvalue weighted by molar-refractivity contribution is 7.84. The number of halogens is 5. The molecule has 0 aliphatic heterocycles. The van der Waals surface area contributed by atoms with Crippen LogP contribution in [0.1, 0.15) is 39.7 Å². The first-order valence-corrected chi connectivity index (χ1v) is 8.22. The normalized spacial score (nSPS) is 18.1. The van der Waals surface area contributed by atoms with Gasteiger partial charge in [0.1, 0.15) is 0 Å². The van der Waals surface area contributed by atoms with Crippen LogP contribution in [0.4, 0.5) is 22.0 Å². The van der Waals surface area contributed by atoms with Gasteiger partial charge in [0, 0.05) is 12.0 Å². The predicted molar refractivity (Wildman–Crippen MR) is 81.4 cm³/mol. The molecule has 0 bridgehead atoms. The Labute approximate surface area is 139 Å². The largest absolute Gasteiger partial charge is 0.414 e. The van der Waals surface area contributed by atoms with Crippen LogP contribution >= 0.6 is 0 Å². The van der Waals surface area contributed by atoms with Gasteiger partial charge in [-0.05, 0) is 33.8 Å². The van der Waals surface area contributed by atoms with Crippen molar-refractivity contribution in [2.75, 3.05) is 0 Å². The van der Waals surface area contributed by atoms with E-state index >= 15 is 0 Å². The van der Waals surface area contributed by atoms with E-state index in [0.717, 1.165) is 25.1 Å². The summed E-state index contributed by atoms with van der Waals surface area (Å²) in [7, 11) is -1.88. The molecule has 0 spiro atoms. The van der Waals surface area contributed by atoms with Gasteiger partial charge in [-0.25, -0.2) is 17.7 Å². The van der Waals surface area contributed by atoms with Crippen molar-refractivity contribution in [1.29, 1.82) is 0 Å². The molecule has 0 saturated heterocycles. The SMILES string of the molecule is CC(C[C@H](O)C(F)(F)F)(N[S@](=O)C(C)(C)C)c1cccc(F)c1F. The summed E-state index contributed by atoms with van der Waals surface area (Å²) in [5.41, 5.74) is -2.34. The number of alkyl halides is 3. The lowest BCUT2D eigenvalue weighted by atomic mass is 9.86. The van der Waals surface area contributed by atoms with Gasteiger partial charge < -0.3 is 5.11 Å². The van der Waals surface area contributed by atoms with Crippen LogP contribution < -0.4 is 4.72 Å². The molecule has 3 nitrogen and oxygen atoms in total. The zero-order chi connectivity index (χ0) is 18.9. The van der Waals surface area contributed by atoms with Crippen LogP contribution in [0.3, 0.4) is 0 Å². The molecule has 0 amide bonds. The lowest BCUT2D eigenvalue weighted by Gasteiger charge is -2.36. The monoisotopic (exact) mass is 373 g/mol. The molecule has 0 saturated carbocycles. The van der Waals surface area contributed by atoms with Gasteiger partial charge in [-0.15, -0.1) is 0 Å². The summed E-state index contributed by atoms with van der Waals surface area (Å²) in [6.45, 7) is 5.85. The molecule has 138 valence electrons. The van der Waals surface area contributed by atoms with Crippen molar-refractivity contribution in [3.63, 3.8) is 0 Å². The fraction of sp³-hybridized carbons (Fsp3) is 0.600. The highest BCUT2D eigenvalue weighted by Gasteiger charge is 2.45. The lowest BCUT2D eigenvalue weighted by Crippen LogP contribution is -2.50. The van der Waals surface area contributed by atoms with E-state index in [1.54, 1.807) is 20.8 Å². The minimum Gasteiger partial charge on any atom is -0.384 e. The average Bonchev–Trinajstić information content (AvgIpc) is 2.39. The predicted octanol–water partition coefficient (Wildman–Crippen LogP) is 3.55. The van der Waals surface area contributed by atoms with E-state index in [4.69, 9.17) is 0 Å². The van der Waals surface area contributed by atoms with Gasteiger partial charge in [-0.2, -0.15) is 13.2 Å². The molecule has 24 heavy (non-hydrogen) atoms. The standard InChI is InChI=1S/C15H20F5NO2S/c1-13(2,3)24(23)21-14(4,8-11(22)15(18,19)20)9-6-5-7-10(16)12(9)17/h5-7,11,21-22H,8H2,1-4H3/t11-,14?,24+/m0/s1. The van der Waals surface area contributed by atoms with E-state index in [9.17, 15) is 31.3 Å². The molecular formula is C15H20F5NO2S. The first-order valence-electron chi connectivity index (χ1n) is 7.07. The van der Waals surface area contributed by atoms with Gasteiger partial charge >= 0.3 is 6.18 Å². The molecule has 0 fully saturated rings. The van der Waals surface area contributed by atoms with Gasteiger partial charge in [0.15, 0.2) is 17.7 Å². The van der Waals surface area contributed by atoms with Crippen molar-refractivity contribution in [1.82, 2.24) is 4.72 Å². The molecule has 0 radical (unpaired) electrons. The maximum atomic E-state index is 14.1. The van der Waals surface area contributed by atoms with Gasteiger partial charge in [-0.3, -0.25) is 0 Å². The Hall–Kier alpha value is -1.06. The van der Waals surface area contributed by atoms with Crippen LogP contribution in [-0.4, -0.2) is 26.3 Å². The molecular weight excluding hydrogens is 353 g/mol. The van der Waals surface area contributed by atoms with E-state index < -0.39 is 57.2 Å². The Morgan fingerprint density at radius 1 is 1.17 bits per heavy atom. The first-order chi connectivity index (χ1) is 10.7. The third-order valence-corrected chi connectivity index (χ3v) is 5.15. The highest BCUT2D eigenvalue weighted by atomic mass is 32.2. The van der Waals surface area contributed by atoms with Gasteiger partial charge in [-0.1, -0.05) is 12.1 Å². The molecule has 9 heteroatoms. The van der Waals surface area contributed by atoms with Crippen molar-refractivity contribution in [2.45, 2.75) is 56.7 Å². The van der Waals surface area contributed by atoms with E-state index in [-0.39, 0.29) is 0 Å². The molecule has 1 aromatic carbocycles. The summed E-state index contributed by atoms with van der Waals surface area (Å²) in [6, 6.07) is 3.04. The second-order valence-electron chi connectivity index (χ2n) is 6.68. The maximum absolute atomic E-state index is 14.1. The van der Waals surface area contributed by atoms with E-state index in [1.165, 1.54) is 0 Å².